The van der Waals surface area contributed by atoms with E-state index in [0.29, 0.717) is 0 Å². The maximum atomic E-state index is 10.3. The van der Waals surface area contributed by atoms with Gasteiger partial charge in [-0.3, -0.25) is 0 Å². The van der Waals surface area contributed by atoms with Crippen molar-refractivity contribution in [3.05, 3.63) is 35.4 Å². The molecular weight excluding hydrogens is 248 g/mol. The molecular formula is C13H22N2O4. The molecule has 108 valence electrons. The number of aromatic carboxylic acids is 2. The first-order valence-electron chi connectivity index (χ1n) is 5.68. The molecule has 0 amide bonds. The lowest BCUT2D eigenvalue weighted by atomic mass is 10.1. The normalized spacial score (nSPS) is 12.2. The van der Waals surface area contributed by atoms with Gasteiger partial charge in [0.15, 0.2) is 0 Å². The van der Waals surface area contributed by atoms with Crippen molar-refractivity contribution in [2.75, 3.05) is 0 Å². The number of carboxylic acids is 2. The molecule has 1 saturated carbocycles. The van der Waals surface area contributed by atoms with Gasteiger partial charge in [-0.1, -0.05) is 32.1 Å². The Kier molecular flexibility index (Phi) is 10.3. The summed E-state index contributed by atoms with van der Waals surface area (Å²) in [5.41, 5.74) is 0.167. The smallest absolute Gasteiger partial charge is 0.335 e. The Labute approximate surface area is 112 Å². The van der Waals surface area contributed by atoms with E-state index < -0.39 is 11.9 Å². The molecule has 0 heterocycles. The van der Waals surface area contributed by atoms with Crippen LogP contribution in [0.3, 0.4) is 0 Å². The van der Waals surface area contributed by atoms with E-state index in [0.717, 1.165) is 0 Å². The molecule has 8 N–H and O–H groups in total. The van der Waals surface area contributed by atoms with Crippen LogP contribution in [0.25, 0.3) is 0 Å². The van der Waals surface area contributed by atoms with Crippen LogP contribution in [0.2, 0.25) is 0 Å². The first-order valence-corrected chi connectivity index (χ1v) is 5.68. The summed E-state index contributed by atoms with van der Waals surface area (Å²) in [7, 11) is 0. The average Bonchev–Trinajstić information content (AvgIpc) is 2.87. The number of hydrogen-bond donors (Lipinski definition) is 4. The molecule has 0 radical (unpaired) electrons. The lowest BCUT2D eigenvalue weighted by Gasteiger charge is -1.94. The molecule has 2 rings (SSSR count). The predicted octanol–water partition coefficient (Wildman–Crippen LogP) is 3.36. The van der Waals surface area contributed by atoms with Crippen LogP contribution in [0.5, 0.6) is 0 Å². The number of benzene rings is 1. The van der Waals surface area contributed by atoms with Crippen molar-refractivity contribution >= 4 is 11.9 Å². The fourth-order valence-electron chi connectivity index (χ4n) is 1.64. The molecule has 0 aromatic heterocycles. The van der Waals surface area contributed by atoms with Crippen LogP contribution in [-0.4, -0.2) is 22.2 Å². The summed E-state index contributed by atoms with van der Waals surface area (Å²) in [4.78, 5) is 20.7. The molecule has 19 heavy (non-hydrogen) atoms. The second-order valence-electron chi connectivity index (χ2n) is 3.96. The largest absolute Gasteiger partial charge is 0.478 e. The highest BCUT2D eigenvalue weighted by Gasteiger charge is 2.04. The summed E-state index contributed by atoms with van der Waals surface area (Å²) >= 11 is 0. The van der Waals surface area contributed by atoms with Crippen LogP contribution in [0, 0.1) is 0 Å². The fourth-order valence-corrected chi connectivity index (χ4v) is 1.64. The molecule has 0 spiro atoms. The SMILES string of the molecule is C1CCCC1.N.N.O=C(O)c1ccc(C(=O)O)cc1. The van der Waals surface area contributed by atoms with Crippen LogP contribution < -0.4 is 12.3 Å². The Hall–Kier alpha value is -1.92. The van der Waals surface area contributed by atoms with Crippen LogP contribution >= 0.6 is 0 Å². The van der Waals surface area contributed by atoms with Crippen LogP contribution in [-0.2, 0) is 0 Å². The Balaban J connectivity index is 0. The van der Waals surface area contributed by atoms with E-state index in [1.54, 1.807) is 0 Å². The van der Waals surface area contributed by atoms with E-state index in [9.17, 15) is 9.59 Å². The number of rotatable bonds is 2. The van der Waals surface area contributed by atoms with Gasteiger partial charge in [0.25, 0.3) is 0 Å². The summed E-state index contributed by atoms with van der Waals surface area (Å²) in [6.07, 6.45) is 7.50. The van der Waals surface area contributed by atoms with Gasteiger partial charge in [-0.25, -0.2) is 9.59 Å². The van der Waals surface area contributed by atoms with Gasteiger partial charge in [0, 0.05) is 0 Å². The van der Waals surface area contributed by atoms with Gasteiger partial charge in [0.2, 0.25) is 0 Å². The molecule has 1 aromatic carbocycles. The molecule has 1 aliphatic rings. The highest BCUT2D eigenvalue weighted by molar-refractivity contribution is 5.91. The third-order valence-electron chi connectivity index (χ3n) is 2.63. The highest BCUT2D eigenvalue weighted by atomic mass is 16.4. The second-order valence-corrected chi connectivity index (χ2v) is 3.96. The maximum Gasteiger partial charge on any atom is 0.335 e. The summed E-state index contributed by atoms with van der Waals surface area (Å²) in [6.45, 7) is 0. The molecule has 0 aliphatic heterocycles. The highest BCUT2D eigenvalue weighted by Crippen LogP contribution is 2.15. The van der Waals surface area contributed by atoms with Crippen molar-refractivity contribution < 1.29 is 19.8 Å². The molecule has 0 atom stereocenters. The molecule has 1 aromatic rings. The maximum absolute atomic E-state index is 10.3. The van der Waals surface area contributed by atoms with E-state index >= 15 is 0 Å². The third kappa shape index (κ3) is 7.17. The van der Waals surface area contributed by atoms with Gasteiger partial charge in [-0.05, 0) is 24.3 Å². The summed E-state index contributed by atoms with van der Waals surface area (Å²) < 4.78 is 0. The molecule has 6 heteroatoms. The second kappa shape index (κ2) is 10.0. The van der Waals surface area contributed by atoms with Gasteiger partial charge >= 0.3 is 11.9 Å². The lowest BCUT2D eigenvalue weighted by molar-refractivity contribution is 0.0681. The van der Waals surface area contributed by atoms with Crippen LogP contribution in [0.1, 0.15) is 52.8 Å². The molecule has 0 bridgehead atoms. The number of carboxylic acid groups (broad SMARTS) is 2. The quantitative estimate of drug-likeness (QED) is 0.648. The van der Waals surface area contributed by atoms with Gasteiger partial charge in [0.1, 0.15) is 0 Å². The predicted molar refractivity (Wildman–Crippen MR) is 73.5 cm³/mol. The van der Waals surface area contributed by atoms with Crippen molar-refractivity contribution in [3.8, 4) is 0 Å². The van der Waals surface area contributed by atoms with E-state index in [1.165, 1.54) is 56.4 Å². The van der Waals surface area contributed by atoms with E-state index in [4.69, 9.17) is 10.2 Å². The van der Waals surface area contributed by atoms with Crippen molar-refractivity contribution in [2.24, 2.45) is 0 Å². The molecule has 1 aliphatic carbocycles. The Morgan fingerprint density at radius 1 is 0.684 bits per heavy atom. The minimum absolute atomic E-state index is 0. The van der Waals surface area contributed by atoms with Crippen LogP contribution in [0.4, 0.5) is 0 Å². The van der Waals surface area contributed by atoms with E-state index in [-0.39, 0.29) is 23.4 Å². The molecule has 0 saturated heterocycles. The van der Waals surface area contributed by atoms with Crippen molar-refractivity contribution in [3.63, 3.8) is 0 Å². The third-order valence-corrected chi connectivity index (χ3v) is 2.63. The van der Waals surface area contributed by atoms with Gasteiger partial charge in [0.05, 0.1) is 11.1 Å². The zero-order valence-corrected chi connectivity index (χ0v) is 11.0. The average molecular weight is 270 g/mol. The van der Waals surface area contributed by atoms with Crippen molar-refractivity contribution in [2.45, 2.75) is 32.1 Å². The van der Waals surface area contributed by atoms with Crippen molar-refractivity contribution in [1.29, 1.82) is 0 Å². The Morgan fingerprint density at radius 3 is 1.05 bits per heavy atom. The molecule has 1 fully saturated rings. The zero-order chi connectivity index (χ0) is 12.7. The Bertz CT molecular complexity index is 346. The number of hydrogen-bond acceptors (Lipinski definition) is 4. The zero-order valence-electron chi connectivity index (χ0n) is 11.0. The van der Waals surface area contributed by atoms with E-state index in [2.05, 4.69) is 0 Å². The molecule has 0 unspecified atom stereocenters. The standard InChI is InChI=1S/C8H6O4.C5H10.2H3N/c9-7(10)5-1-2-6(4-3-5)8(11)12;1-2-4-5-3-1;;/h1-4H,(H,9,10)(H,11,12);1-5H2;2*1H3. The summed E-state index contributed by atoms with van der Waals surface area (Å²) in [5, 5.41) is 16.9. The van der Waals surface area contributed by atoms with Crippen molar-refractivity contribution in [1.82, 2.24) is 12.3 Å². The van der Waals surface area contributed by atoms with Crippen LogP contribution in [0.15, 0.2) is 24.3 Å². The number of carbonyl (C=O) groups is 2. The monoisotopic (exact) mass is 270 g/mol. The minimum Gasteiger partial charge on any atom is -0.478 e. The Morgan fingerprint density at radius 2 is 0.895 bits per heavy atom. The summed E-state index contributed by atoms with van der Waals surface area (Å²) in [6, 6.07) is 5.02. The van der Waals surface area contributed by atoms with Gasteiger partial charge < -0.3 is 22.5 Å². The van der Waals surface area contributed by atoms with Gasteiger partial charge in [-0.15, -0.1) is 0 Å². The van der Waals surface area contributed by atoms with Gasteiger partial charge in [-0.2, -0.15) is 0 Å². The molecule has 6 nitrogen and oxygen atoms in total. The first kappa shape index (κ1) is 19.4. The minimum atomic E-state index is -1.06. The fraction of sp³-hybridized carbons (Fsp3) is 0.385. The lowest BCUT2D eigenvalue weighted by Crippen LogP contribution is -1.99. The summed E-state index contributed by atoms with van der Waals surface area (Å²) in [5.74, 6) is -2.13. The first-order chi connectivity index (χ1) is 8.11. The van der Waals surface area contributed by atoms with E-state index in [1.807, 2.05) is 0 Å². The topological polar surface area (TPSA) is 145 Å².